The number of imidazole rings is 1. The first kappa shape index (κ1) is 21.8. The normalized spacial score (nSPS) is 15.1. The van der Waals surface area contributed by atoms with Crippen molar-refractivity contribution >= 4 is 17.5 Å². The van der Waals surface area contributed by atoms with E-state index >= 15 is 0 Å². The van der Waals surface area contributed by atoms with Gasteiger partial charge in [0.1, 0.15) is 5.82 Å². The molecule has 2 aromatic carbocycles. The van der Waals surface area contributed by atoms with Crippen molar-refractivity contribution in [2.45, 2.75) is 25.2 Å². The predicted octanol–water partition coefficient (Wildman–Crippen LogP) is 3.91. The largest absolute Gasteiger partial charge is 0.381 e. The zero-order valence-corrected chi connectivity index (χ0v) is 18.9. The lowest BCUT2D eigenvalue weighted by Gasteiger charge is -2.36. The summed E-state index contributed by atoms with van der Waals surface area (Å²) in [4.78, 5) is 26.0. The Bertz CT molecular complexity index is 1270. The molecule has 0 spiro atoms. The van der Waals surface area contributed by atoms with E-state index in [-0.39, 0.29) is 11.9 Å². The zero-order valence-electron chi connectivity index (χ0n) is 18.9. The van der Waals surface area contributed by atoms with E-state index in [4.69, 9.17) is 10.5 Å². The number of nitrogens with one attached hydrogen (secondary N) is 1. The van der Waals surface area contributed by atoms with Crippen LogP contribution in [-0.4, -0.2) is 38.6 Å². The quantitative estimate of drug-likeness (QED) is 0.473. The second-order valence-corrected chi connectivity index (χ2v) is 8.45. The molecular formula is C26H26N6O2. The first-order valence-electron chi connectivity index (χ1n) is 11.2. The topological polar surface area (TPSA) is 108 Å². The number of nitrogens with zero attached hydrogens (tertiary/aromatic N) is 4. The summed E-state index contributed by atoms with van der Waals surface area (Å²) in [6.07, 6.45) is 8.32. The van der Waals surface area contributed by atoms with Crippen molar-refractivity contribution in [1.82, 2.24) is 19.5 Å². The summed E-state index contributed by atoms with van der Waals surface area (Å²) in [5.41, 5.74) is 9.51. The van der Waals surface area contributed by atoms with Crippen molar-refractivity contribution in [2.75, 3.05) is 24.3 Å². The second-order valence-electron chi connectivity index (χ2n) is 8.45. The van der Waals surface area contributed by atoms with Crippen molar-refractivity contribution < 1.29 is 9.53 Å². The van der Waals surface area contributed by atoms with E-state index in [2.05, 4.69) is 20.3 Å². The molecule has 1 aliphatic heterocycles. The van der Waals surface area contributed by atoms with Gasteiger partial charge in [-0.1, -0.05) is 24.3 Å². The monoisotopic (exact) mass is 454 g/mol. The number of hydrogen-bond acceptors (Lipinski definition) is 6. The van der Waals surface area contributed by atoms with Gasteiger partial charge in [0.2, 0.25) is 11.9 Å². The zero-order chi connectivity index (χ0) is 23.5. The highest BCUT2D eigenvalue weighted by molar-refractivity contribution is 5.99. The number of nitrogens with two attached hydrogens (primary N) is 1. The highest BCUT2D eigenvalue weighted by atomic mass is 16.5. The Morgan fingerprint density at radius 3 is 2.26 bits per heavy atom. The van der Waals surface area contributed by atoms with Gasteiger partial charge in [0.15, 0.2) is 0 Å². The van der Waals surface area contributed by atoms with Crippen LogP contribution >= 0.6 is 0 Å². The second kappa shape index (κ2) is 9.07. The number of carbonyl (C=O) groups is 1. The van der Waals surface area contributed by atoms with Crippen molar-refractivity contribution in [1.29, 1.82) is 0 Å². The first-order valence-corrected chi connectivity index (χ1v) is 11.2. The Morgan fingerprint density at radius 2 is 1.65 bits per heavy atom. The Morgan fingerprint density at radius 1 is 0.971 bits per heavy atom. The van der Waals surface area contributed by atoms with Gasteiger partial charge in [0.25, 0.3) is 0 Å². The summed E-state index contributed by atoms with van der Waals surface area (Å²) in [5.74, 6) is 1.13. The van der Waals surface area contributed by atoms with Crippen molar-refractivity contribution in [3.05, 3.63) is 84.7 Å². The van der Waals surface area contributed by atoms with E-state index in [0.29, 0.717) is 26.1 Å². The fraction of sp³-hybridized carbons (Fsp3) is 0.231. The third-order valence-corrected chi connectivity index (χ3v) is 6.45. The number of amides is 1. The lowest BCUT2D eigenvalue weighted by molar-refractivity contribution is -0.125. The predicted molar refractivity (Wildman–Crippen MR) is 131 cm³/mol. The molecule has 2 aromatic heterocycles. The summed E-state index contributed by atoms with van der Waals surface area (Å²) in [7, 11) is 0. The number of anilines is 2. The Labute approximate surface area is 197 Å². The van der Waals surface area contributed by atoms with Gasteiger partial charge in [0, 0.05) is 54.9 Å². The highest BCUT2D eigenvalue weighted by Crippen LogP contribution is 2.37. The molecule has 1 aliphatic rings. The molecule has 0 unspecified atom stereocenters. The van der Waals surface area contributed by atoms with Crippen LogP contribution in [0.5, 0.6) is 0 Å². The molecule has 0 atom stereocenters. The summed E-state index contributed by atoms with van der Waals surface area (Å²) in [5, 5.41) is 3.14. The molecule has 1 fully saturated rings. The summed E-state index contributed by atoms with van der Waals surface area (Å²) < 4.78 is 7.60. The lowest BCUT2D eigenvalue weighted by Crippen LogP contribution is -2.44. The molecule has 5 rings (SSSR count). The van der Waals surface area contributed by atoms with Gasteiger partial charge in [-0.15, -0.1) is 0 Å². The Hall–Kier alpha value is -4.04. The molecule has 1 saturated heterocycles. The van der Waals surface area contributed by atoms with Crippen LogP contribution in [-0.2, 0) is 14.9 Å². The van der Waals surface area contributed by atoms with Gasteiger partial charge < -0.3 is 20.4 Å². The number of carbonyl (C=O) groups excluding carboxylic acids is 1. The van der Waals surface area contributed by atoms with Gasteiger partial charge in [-0.05, 0) is 55.2 Å². The molecule has 1 amide bonds. The average molecular weight is 455 g/mol. The fourth-order valence-corrected chi connectivity index (χ4v) is 4.44. The van der Waals surface area contributed by atoms with Crippen molar-refractivity contribution in [3.63, 3.8) is 0 Å². The SMILES string of the molecule is Cc1nccn1-c1ccc(NC(=O)C2(c3ccc(-c4cnc(N)nc4)cc3)CCOCC2)cc1. The smallest absolute Gasteiger partial charge is 0.235 e. The van der Waals surface area contributed by atoms with Crippen LogP contribution in [0.25, 0.3) is 16.8 Å². The van der Waals surface area contributed by atoms with Crippen molar-refractivity contribution in [2.24, 2.45) is 0 Å². The molecule has 0 radical (unpaired) electrons. The first-order chi connectivity index (χ1) is 16.5. The molecule has 4 aromatic rings. The standard InChI is InChI=1S/C26H26N6O2/c1-18-28-12-13-32(18)23-8-6-22(7-9-23)31-24(33)26(10-14-34-15-11-26)21-4-2-19(3-5-21)20-16-29-25(27)30-17-20/h2-9,12-13,16-17H,10-11,14-15H2,1H3,(H,31,33)(H2,27,29,30). The summed E-state index contributed by atoms with van der Waals surface area (Å²) in [6.45, 7) is 3.04. The van der Waals surface area contributed by atoms with Gasteiger partial charge >= 0.3 is 0 Å². The fourth-order valence-electron chi connectivity index (χ4n) is 4.44. The van der Waals surface area contributed by atoms with E-state index < -0.39 is 5.41 Å². The van der Waals surface area contributed by atoms with Crippen LogP contribution in [0.15, 0.2) is 73.3 Å². The third-order valence-electron chi connectivity index (χ3n) is 6.45. The van der Waals surface area contributed by atoms with Crippen molar-refractivity contribution in [3.8, 4) is 16.8 Å². The van der Waals surface area contributed by atoms with Crippen LogP contribution < -0.4 is 11.1 Å². The molecule has 34 heavy (non-hydrogen) atoms. The van der Waals surface area contributed by atoms with E-state index in [1.54, 1.807) is 18.6 Å². The van der Waals surface area contributed by atoms with Crippen LogP contribution in [0.3, 0.4) is 0 Å². The Balaban J connectivity index is 1.39. The van der Waals surface area contributed by atoms with E-state index in [1.165, 1.54) is 0 Å². The van der Waals surface area contributed by atoms with Gasteiger partial charge in [0.05, 0.1) is 5.41 Å². The third kappa shape index (κ3) is 4.15. The minimum atomic E-state index is -0.659. The molecular weight excluding hydrogens is 428 g/mol. The number of aromatic nitrogens is 4. The number of rotatable bonds is 5. The van der Waals surface area contributed by atoms with Gasteiger partial charge in [-0.25, -0.2) is 15.0 Å². The number of ether oxygens (including phenoxy) is 1. The molecule has 0 aliphatic carbocycles. The average Bonchev–Trinajstić information content (AvgIpc) is 3.31. The summed E-state index contributed by atoms with van der Waals surface area (Å²) in [6, 6.07) is 15.8. The molecule has 0 bridgehead atoms. The highest BCUT2D eigenvalue weighted by Gasteiger charge is 2.41. The number of aryl methyl sites for hydroxylation is 1. The molecule has 3 heterocycles. The molecule has 0 saturated carbocycles. The van der Waals surface area contributed by atoms with Crippen LogP contribution in [0.4, 0.5) is 11.6 Å². The molecule has 8 nitrogen and oxygen atoms in total. The maximum absolute atomic E-state index is 13.6. The number of hydrogen-bond donors (Lipinski definition) is 2. The minimum Gasteiger partial charge on any atom is -0.381 e. The van der Waals surface area contributed by atoms with Gasteiger partial charge in [-0.2, -0.15) is 0 Å². The van der Waals surface area contributed by atoms with Crippen LogP contribution in [0.2, 0.25) is 0 Å². The number of benzene rings is 2. The summed E-state index contributed by atoms with van der Waals surface area (Å²) >= 11 is 0. The minimum absolute atomic E-state index is 0.0223. The van der Waals surface area contributed by atoms with E-state index in [0.717, 1.165) is 33.9 Å². The molecule has 8 heteroatoms. The maximum atomic E-state index is 13.6. The lowest BCUT2D eigenvalue weighted by atomic mass is 9.73. The Kier molecular flexibility index (Phi) is 5.81. The molecule has 3 N–H and O–H groups in total. The maximum Gasteiger partial charge on any atom is 0.235 e. The van der Waals surface area contributed by atoms with Crippen LogP contribution in [0.1, 0.15) is 24.2 Å². The van der Waals surface area contributed by atoms with E-state index in [9.17, 15) is 4.79 Å². The van der Waals surface area contributed by atoms with E-state index in [1.807, 2.05) is 66.2 Å². The molecule has 172 valence electrons. The van der Waals surface area contributed by atoms with Gasteiger partial charge in [-0.3, -0.25) is 4.79 Å². The number of nitrogen functional groups attached to an aromatic ring is 1. The van der Waals surface area contributed by atoms with Crippen LogP contribution in [0, 0.1) is 6.92 Å².